The van der Waals surface area contributed by atoms with E-state index in [1.54, 1.807) is 24.0 Å². The van der Waals surface area contributed by atoms with Gasteiger partial charge in [-0.25, -0.2) is 15.0 Å². The van der Waals surface area contributed by atoms with Gasteiger partial charge in [0.2, 0.25) is 0 Å². The third-order valence-corrected chi connectivity index (χ3v) is 6.20. The molecule has 0 spiro atoms. The van der Waals surface area contributed by atoms with Gasteiger partial charge in [0.1, 0.15) is 5.69 Å². The third-order valence-electron chi connectivity index (χ3n) is 5.12. The van der Waals surface area contributed by atoms with Gasteiger partial charge in [-0.3, -0.25) is 14.7 Å². The topological polar surface area (TPSA) is 87.7 Å². The highest BCUT2D eigenvalue weighted by Crippen LogP contribution is 2.27. The Kier molecular flexibility index (Phi) is 6.86. The van der Waals surface area contributed by atoms with E-state index in [0.717, 1.165) is 61.1 Å². The van der Waals surface area contributed by atoms with Gasteiger partial charge in [0.25, 0.3) is 5.56 Å². The van der Waals surface area contributed by atoms with Gasteiger partial charge < -0.3 is 4.98 Å². The first kappa shape index (κ1) is 20.7. The Balaban J connectivity index is 1.45. The molecule has 1 aliphatic heterocycles. The van der Waals surface area contributed by atoms with Crippen LogP contribution in [0.3, 0.4) is 0 Å². The number of hydrogen-bond acceptors (Lipinski definition) is 7. The Morgan fingerprint density at radius 3 is 2.87 bits per heavy atom. The van der Waals surface area contributed by atoms with Gasteiger partial charge >= 0.3 is 0 Å². The SMILES string of the molecule is CCCSc1ncc(CN2CCC[C@@H](c3cc(=O)[nH]c(-c4ccccn4)n3)C2)cn1. The van der Waals surface area contributed by atoms with Gasteiger partial charge in [-0.15, -0.1) is 0 Å². The molecule has 0 bridgehead atoms. The highest BCUT2D eigenvalue weighted by molar-refractivity contribution is 7.99. The molecule has 0 aromatic carbocycles. The van der Waals surface area contributed by atoms with Crippen molar-refractivity contribution in [3.05, 3.63) is 64.5 Å². The van der Waals surface area contributed by atoms with E-state index in [1.165, 1.54) is 0 Å². The van der Waals surface area contributed by atoms with E-state index in [4.69, 9.17) is 4.98 Å². The fraction of sp³-hybridized carbons (Fsp3) is 0.409. The van der Waals surface area contributed by atoms with E-state index in [2.05, 4.69) is 31.8 Å². The standard InChI is InChI=1S/C22H26N6OS/c1-2-10-30-22-24-12-16(13-25-22)14-28-9-5-6-17(15-28)19-11-20(29)27-21(26-19)18-7-3-4-8-23-18/h3-4,7-8,11-13,17H,2,5-6,9-10,14-15H2,1H3,(H,26,27,29)/t17-/m1/s1. The summed E-state index contributed by atoms with van der Waals surface area (Å²) in [5, 5.41) is 0.840. The predicted octanol–water partition coefficient (Wildman–Crippen LogP) is 3.50. The molecule has 1 saturated heterocycles. The normalized spacial score (nSPS) is 17.2. The molecule has 1 atom stereocenters. The minimum Gasteiger partial charge on any atom is -0.305 e. The van der Waals surface area contributed by atoms with Crippen LogP contribution in [0.1, 0.15) is 43.4 Å². The van der Waals surface area contributed by atoms with E-state index in [1.807, 2.05) is 30.6 Å². The fourth-order valence-electron chi connectivity index (χ4n) is 3.70. The number of aromatic nitrogens is 5. The van der Waals surface area contributed by atoms with Gasteiger partial charge in [-0.1, -0.05) is 24.8 Å². The number of H-pyrrole nitrogens is 1. The molecular weight excluding hydrogens is 396 g/mol. The van der Waals surface area contributed by atoms with E-state index in [9.17, 15) is 4.79 Å². The summed E-state index contributed by atoms with van der Waals surface area (Å²) in [5.74, 6) is 1.80. The van der Waals surface area contributed by atoms with Crippen molar-refractivity contribution >= 4 is 11.8 Å². The molecule has 0 aliphatic carbocycles. The van der Waals surface area contributed by atoms with E-state index in [-0.39, 0.29) is 11.5 Å². The van der Waals surface area contributed by atoms with Gasteiger partial charge in [0.05, 0.1) is 5.69 Å². The maximum Gasteiger partial charge on any atom is 0.251 e. The molecule has 0 radical (unpaired) electrons. The summed E-state index contributed by atoms with van der Waals surface area (Å²) < 4.78 is 0. The van der Waals surface area contributed by atoms with Crippen LogP contribution in [-0.4, -0.2) is 48.7 Å². The molecule has 30 heavy (non-hydrogen) atoms. The number of likely N-dealkylation sites (tertiary alicyclic amines) is 1. The molecule has 0 unspecified atom stereocenters. The van der Waals surface area contributed by atoms with Crippen LogP contribution in [-0.2, 0) is 6.54 Å². The molecule has 4 rings (SSSR count). The van der Waals surface area contributed by atoms with Crippen molar-refractivity contribution in [2.24, 2.45) is 0 Å². The van der Waals surface area contributed by atoms with Gasteiger partial charge in [-0.05, 0) is 37.9 Å². The van der Waals surface area contributed by atoms with Crippen LogP contribution in [0, 0.1) is 0 Å². The Bertz CT molecular complexity index is 1010. The monoisotopic (exact) mass is 422 g/mol. The molecular formula is C22H26N6OS. The van der Waals surface area contributed by atoms with E-state index in [0.29, 0.717) is 11.5 Å². The fourth-order valence-corrected chi connectivity index (χ4v) is 4.34. The zero-order chi connectivity index (χ0) is 20.8. The quantitative estimate of drug-likeness (QED) is 0.460. The summed E-state index contributed by atoms with van der Waals surface area (Å²) in [7, 11) is 0. The first-order valence-electron chi connectivity index (χ1n) is 10.4. The lowest BCUT2D eigenvalue weighted by molar-refractivity contribution is 0.198. The zero-order valence-corrected chi connectivity index (χ0v) is 17.9. The number of thioether (sulfide) groups is 1. The second-order valence-corrected chi connectivity index (χ2v) is 8.59. The van der Waals surface area contributed by atoms with Gasteiger partial charge in [0.15, 0.2) is 11.0 Å². The van der Waals surface area contributed by atoms with Crippen molar-refractivity contribution < 1.29 is 0 Å². The average Bonchev–Trinajstić information content (AvgIpc) is 2.79. The Morgan fingerprint density at radius 1 is 1.23 bits per heavy atom. The molecule has 3 aromatic heterocycles. The lowest BCUT2D eigenvalue weighted by Crippen LogP contribution is -2.34. The van der Waals surface area contributed by atoms with Crippen LogP contribution in [0.25, 0.3) is 11.5 Å². The van der Waals surface area contributed by atoms with Crippen molar-refractivity contribution in [2.75, 3.05) is 18.8 Å². The molecule has 3 aromatic rings. The lowest BCUT2D eigenvalue weighted by atomic mass is 9.94. The molecule has 8 heteroatoms. The summed E-state index contributed by atoms with van der Waals surface area (Å²) in [6.07, 6.45) is 8.78. The van der Waals surface area contributed by atoms with Crippen LogP contribution in [0.2, 0.25) is 0 Å². The number of piperidine rings is 1. The first-order chi connectivity index (χ1) is 14.7. The largest absolute Gasteiger partial charge is 0.305 e. The minimum absolute atomic E-state index is 0.133. The summed E-state index contributed by atoms with van der Waals surface area (Å²) in [6, 6.07) is 7.23. The predicted molar refractivity (Wildman–Crippen MR) is 118 cm³/mol. The second kappa shape index (κ2) is 9.95. The number of aromatic amines is 1. The van der Waals surface area contributed by atoms with Crippen molar-refractivity contribution in [3.63, 3.8) is 0 Å². The first-order valence-corrected chi connectivity index (χ1v) is 11.4. The molecule has 0 saturated carbocycles. The molecule has 1 aliphatic rings. The minimum atomic E-state index is -0.133. The average molecular weight is 423 g/mol. The van der Waals surface area contributed by atoms with Crippen molar-refractivity contribution in [1.29, 1.82) is 0 Å². The second-order valence-electron chi connectivity index (χ2n) is 7.53. The number of nitrogens with one attached hydrogen (secondary N) is 1. The van der Waals surface area contributed by atoms with E-state index < -0.39 is 0 Å². The van der Waals surface area contributed by atoms with E-state index >= 15 is 0 Å². The van der Waals surface area contributed by atoms with Crippen molar-refractivity contribution in [2.45, 2.75) is 43.8 Å². The number of hydrogen-bond donors (Lipinski definition) is 1. The Hall–Kier alpha value is -2.58. The van der Waals surface area contributed by atoms with Gasteiger partial charge in [-0.2, -0.15) is 0 Å². The number of rotatable bonds is 7. The summed E-state index contributed by atoms with van der Waals surface area (Å²) >= 11 is 1.69. The number of pyridine rings is 1. The molecule has 156 valence electrons. The number of nitrogens with zero attached hydrogens (tertiary/aromatic N) is 5. The van der Waals surface area contributed by atoms with Crippen LogP contribution in [0.5, 0.6) is 0 Å². The highest BCUT2D eigenvalue weighted by Gasteiger charge is 2.23. The molecule has 4 heterocycles. The summed E-state index contributed by atoms with van der Waals surface area (Å²) in [4.78, 5) is 35.5. The summed E-state index contributed by atoms with van der Waals surface area (Å²) in [5.41, 5.74) is 2.50. The molecule has 1 fully saturated rings. The smallest absolute Gasteiger partial charge is 0.251 e. The van der Waals surface area contributed by atoms with Gasteiger partial charge in [0, 0.05) is 55.0 Å². The lowest BCUT2D eigenvalue weighted by Gasteiger charge is -2.32. The highest BCUT2D eigenvalue weighted by atomic mass is 32.2. The van der Waals surface area contributed by atoms with Crippen LogP contribution < -0.4 is 5.56 Å². The molecule has 7 nitrogen and oxygen atoms in total. The molecule has 0 amide bonds. The van der Waals surface area contributed by atoms with Crippen molar-refractivity contribution in [3.8, 4) is 11.5 Å². The summed E-state index contributed by atoms with van der Waals surface area (Å²) in [6.45, 7) is 4.86. The van der Waals surface area contributed by atoms with Crippen LogP contribution in [0.15, 0.2) is 52.8 Å². The Morgan fingerprint density at radius 2 is 2.10 bits per heavy atom. The Labute approximate surface area is 180 Å². The third kappa shape index (κ3) is 5.31. The van der Waals surface area contributed by atoms with Crippen LogP contribution >= 0.6 is 11.8 Å². The molecule has 1 N–H and O–H groups in total. The van der Waals surface area contributed by atoms with Crippen LogP contribution in [0.4, 0.5) is 0 Å². The maximum atomic E-state index is 12.3. The zero-order valence-electron chi connectivity index (χ0n) is 17.1. The van der Waals surface area contributed by atoms with Crippen molar-refractivity contribution in [1.82, 2.24) is 29.8 Å². The maximum absolute atomic E-state index is 12.3.